The minimum Gasteiger partial charge on any atom is -0.377 e. The fraction of sp³-hybridized carbons (Fsp3) is 0.455. The summed E-state index contributed by atoms with van der Waals surface area (Å²) in [4.78, 5) is 16.6. The van der Waals surface area contributed by atoms with Crippen LogP contribution in [-0.2, 0) is 58.5 Å². The fourth-order valence-electron chi connectivity index (χ4n) is 4.43. The van der Waals surface area contributed by atoms with Crippen LogP contribution in [0.15, 0.2) is 30.6 Å². The van der Waals surface area contributed by atoms with Crippen molar-refractivity contribution in [1.29, 1.82) is 4.78 Å². The standard InChI is InChI=1S/C22H27N6O2S.Y/c1-4-27-10-6-17-16(5-9-24-21(17)27)20-25-18(22(7-8-22)31(3,23)29)13-19(26-20)28-11-12-30-14-15(28)2;/h5-6,9-10,13,15,23H,1,4,7-8,11-12,14H2,2-3H3;/q-1;/t15-,31-;/m1./s1. The molecule has 1 radical (unpaired) electrons. The Balaban J connectivity index is 0.00000245. The molecule has 32 heavy (non-hydrogen) atoms. The number of hydrogen-bond acceptors (Lipinski definition) is 7. The molecule has 0 amide bonds. The second-order valence-electron chi connectivity index (χ2n) is 8.50. The number of hydrogen-bond donors (Lipinski definition) is 1. The minimum absolute atomic E-state index is 0. The van der Waals surface area contributed by atoms with Crippen molar-refractivity contribution >= 4 is 26.6 Å². The monoisotopic (exact) mass is 528 g/mol. The summed E-state index contributed by atoms with van der Waals surface area (Å²) in [5, 5.41) is 0.956. The summed E-state index contributed by atoms with van der Waals surface area (Å²) in [6, 6.07) is 6.04. The molecular formula is C22H27N6O2SY-. The van der Waals surface area contributed by atoms with E-state index in [0.717, 1.165) is 29.0 Å². The molecule has 3 aromatic heterocycles. The summed E-state index contributed by atoms with van der Waals surface area (Å²) in [5.41, 5.74) is 2.42. The molecule has 167 valence electrons. The maximum atomic E-state index is 12.9. The Kier molecular flexibility index (Phi) is 6.48. The van der Waals surface area contributed by atoms with Gasteiger partial charge in [0.2, 0.25) is 0 Å². The number of rotatable bonds is 5. The molecule has 0 spiro atoms. The first-order chi connectivity index (χ1) is 14.8. The molecule has 1 aliphatic carbocycles. The Hall–Kier alpha value is -1.42. The molecular weight excluding hydrogens is 501 g/mol. The maximum absolute atomic E-state index is 12.9. The van der Waals surface area contributed by atoms with Crippen LogP contribution in [0.5, 0.6) is 0 Å². The number of pyridine rings is 1. The second-order valence-corrected chi connectivity index (χ2v) is 11.0. The minimum atomic E-state index is -2.80. The van der Waals surface area contributed by atoms with E-state index in [1.165, 1.54) is 6.26 Å². The summed E-state index contributed by atoms with van der Waals surface area (Å²) < 4.78 is 28.1. The number of nitrogens with zero attached hydrogens (tertiary/aromatic N) is 5. The zero-order chi connectivity index (χ0) is 21.8. The molecule has 5 rings (SSSR count). The number of nitrogens with one attached hydrogen (secondary N) is 1. The molecule has 10 heteroatoms. The zero-order valence-electron chi connectivity index (χ0n) is 18.5. The van der Waals surface area contributed by atoms with Crippen LogP contribution in [0.1, 0.15) is 25.5 Å². The second kappa shape index (κ2) is 8.74. The van der Waals surface area contributed by atoms with E-state index in [0.29, 0.717) is 44.1 Å². The van der Waals surface area contributed by atoms with E-state index in [4.69, 9.17) is 19.5 Å². The Labute approximate surface area is 214 Å². The third-order valence-corrected chi connectivity index (χ3v) is 8.54. The molecule has 2 aliphatic rings. The van der Waals surface area contributed by atoms with Gasteiger partial charge in [0.25, 0.3) is 0 Å². The van der Waals surface area contributed by atoms with E-state index in [2.05, 4.69) is 23.7 Å². The molecule has 2 atom stereocenters. The Morgan fingerprint density at radius 3 is 2.78 bits per heavy atom. The van der Waals surface area contributed by atoms with E-state index in [1.54, 1.807) is 6.20 Å². The van der Waals surface area contributed by atoms with Crippen LogP contribution in [0.4, 0.5) is 5.82 Å². The predicted molar refractivity (Wildman–Crippen MR) is 121 cm³/mol. The first kappa shape index (κ1) is 23.7. The smallest absolute Gasteiger partial charge is 0.162 e. The molecule has 3 aromatic rings. The van der Waals surface area contributed by atoms with E-state index in [9.17, 15) is 4.21 Å². The Morgan fingerprint density at radius 2 is 2.12 bits per heavy atom. The molecule has 1 saturated heterocycles. The van der Waals surface area contributed by atoms with Gasteiger partial charge in [-0.3, -0.25) is 4.78 Å². The van der Waals surface area contributed by atoms with Gasteiger partial charge in [0.15, 0.2) is 5.82 Å². The van der Waals surface area contributed by atoms with Crippen LogP contribution in [0, 0.1) is 11.7 Å². The van der Waals surface area contributed by atoms with Crippen LogP contribution in [-0.4, -0.2) is 55.8 Å². The molecule has 1 aliphatic heterocycles. The van der Waals surface area contributed by atoms with E-state index in [1.807, 2.05) is 29.0 Å². The van der Waals surface area contributed by atoms with E-state index < -0.39 is 14.5 Å². The van der Waals surface area contributed by atoms with Gasteiger partial charge in [-0.05, 0) is 31.9 Å². The average molecular weight is 528 g/mol. The summed E-state index contributed by atoms with van der Waals surface area (Å²) in [6.45, 7) is 8.66. The molecule has 0 aromatic carbocycles. The Morgan fingerprint density at radius 1 is 1.34 bits per heavy atom. The van der Waals surface area contributed by atoms with Gasteiger partial charge in [-0.2, -0.15) is 0 Å². The van der Waals surface area contributed by atoms with Crippen molar-refractivity contribution in [3.63, 3.8) is 0 Å². The van der Waals surface area contributed by atoms with Crippen LogP contribution in [0.3, 0.4) is 0 Å². The van der Waals surface area contributed by atoms with Gasteiger partial charge in [0, 0.05) is 74.9 Å². The average Bonchev–Trinajstić information content (AvgIpc) is 3.48. The molecule has 8 nitrogen and oxygen atoms in total. The van der Waals surface area contributed by atoms with Gasteiger partial charge < -0.3 is 21.1 Å². The van der Waals surface area contributed by atoms with Crippen molar-refractivity contribution in [1.82, 2.24) is 19.5 Å². The van der Waals surface area contributed by atoms with Crippen LogP contribution < -0.4 is 4.90 Å². The Bertz CT molecular complexity index is 1250. The van der Waals surface area contributed by atoms with Gasteiger partial charge in [-0.15, -0.1) is 6.54 Å². The third kappa shape index (κ3) is 3.91. The quantitative estimate of drug-likeness (QED) is 0.511. The van der Waals surface area contributed by atoms with Gasteiger partial charge in [0.05, 0.1) is 39.4 Å². The van der Waals surface area contributed by atoms with Crippen LogP contribution in [0.2, 0.25) is 0 Å². The first-order valence-electron chi connectivity index (χ1n) is 10.5. The first-order valence-corrected chi connectivity index (χ1v) is 12.5. The van der Waals surface area contributed by atoms with Crippen molar-refractivity contribution in [2.24, 2.45) is 0 Å². The van der Waals surface area contributed by atoms with Crippen LogP contribution in [0.25, 0.3) is 22.4 Å². The number of aromatic nitrogens is 4. The fourth-order valence-corrected chi connectivity index (χ4v) is 5.81. The number of ether oxygens (including phenoxy) is 1. The summed E-state index contributed by atoms with van der Waals surface area (Å²) in [5.74, 6) is 1.38. The third-order valence-electron chi connectivity index (χ3n) is 6.44. The molecule has 0 bridgehead atoms. The maximum Gasteiger partial charge on any atom is 0.162 e. The largest absolute Gasteiger partial charge is 0.377 e. The van der Waals surface area contributed by atoms with Crippen molar-refractivity contribution in [2.75, 3.05) is 30.9 Å². The van der Waals surface area contributed by atoms with Crippen molar-refractivity contribution < 1.29 is 41.7 Å². The molecule has 1 N–H and O–H groups in total. The zero-order valence-corrected chi connectivity index (χ0v) is 22.1. The van der Waals surface area contributed by atoms with Gasteiger partial charge in [0.1, 0.15) is 11.5 Å². The van der Waals surface area contributed by atoms with Gasteiger partial charge in [-0.25, -0.2) is 19.2 Å². The summed E-state index contributed by atoms with van der Waals surface area (Å²) in [6.07, 6.45) is 6.68. The van der Waals surface area contributed by atoms with E-state index >= 15 is 0 Å². The molecule has 2 fully saturated rings. The number of morpholine rings is 1. The van der Waals surface area contributed by atoms with E-state index in [-0.39, 0.29) is 38.8 Å². The number of anilines is 1. The molecule has 1 saturated carbocycles. The summed E-state index contributed by atoms with van der Waals surface area (Å²) >= 11 is 0. The molecule has 0 unspecified atom stereocenters. The topological polar surface area (TPSA) is 97.0 Å². The van der Waals surface area contributed by atoms with Crippen molar-refractivity contribution in [3.8, 4) is 11.4 Å². The van der Waals surface area contributed by atoms with Gasteiger partial charge in [-0.1, -0.05) is 0 Å². The predicted octanol–water partition coefficient (Wildman–Crippen LogP) is 3.22. The normalized spacial score (nSPS) is 21.7. The number of fused-ring (bicyclic) bond motifs is 1. The SMILES string of the molecule is [CH2-]Cn1ccc2c(-c3nc(N4CCOC[C@H]4C)cc(C4([S@](C)(=N)=O)CC4)n3)ccnc21.[Y]. The summed E-state index contributed by atoms with van der Waals surface area (Å²) in [7, 11) is -2.80. The van der Waals surface area contributed by atoms with Gasteiger partial charge >= 0.3 is 0 Å². The van der Waals surface area contributed by atoms with Crippen molar-refractivity contribution in [2.45, 2.75) is 37.1 Å². The van der Waals surface area contributed by atoms with Crippen molar-refractivity contribution in [3.05, 3.63) is 43.2 Å². The van der Waals surface area contributed by atoms with Crippen LogP contribution >= 0.6 is 0 Å². The molecule has 4 heterocycles.